The van der Waals surface area contributed by atoms with Crippen LogP contribution in [-0.2, 0) is 24.8 Å². The van der Waals surface area contributed by atoms with Crippen LogP contribution < -0.4 is 5.32 Å². The minimum Gasteiger partial charge on any atom is -0.350 e. The molecule has 5 aromatic rings. The minimum absolute atomic E-state index is 0.0289. The van der Waals surface area contributed by atoms with Crippen molar-refractivity contribution in [2.75, 3.05) is 13.6 Å². The first-order valence-electron chi connectivity index (χ1n) is 12.6. The van der Waals surface area contributed by atoms with Crippen LogP contribution in [-0.4, -0.2) is 40.8 Å². The number of benzene rings is 4. The van der Waals surface area contributed by atoms with Crippen molar-refractivity contribution < 1.29 is 9.59 Å². The van der Waals surface area contributed by atoms with Gasteiger partial charge in [-0.05, 0) is 34.4 Å². The number of Topliss-reactive ketones (excluding diaryl/α,β-unsaturated/α-hetero) is 1. The molecular formula is C32H31N3O2. The monoisotopic (exact) mass is 489 g/mol. The normalized spacial score (nSPS) is 12.1. The van der Waals surface area contributed by atoms with E-state index in [4.69, 9.17) is 0 Å². The largest absolute Gasteiger partial charge is 0.350 e. The Morgan fingerprint density at radius 1 is 0.838 bits per heavy atom. The van der Waals surface area contributed by atoms with Gasteiger partial charge in [-0.3, -0.25) is 14.9 Å². The molecule has 0 saturated carbocycles. The Balaban J connectivity index is 1.37. The van der Waals surface area contributed by atoms with Crippen LogP contribution >= 0.6 is 0 Å². The van der Waals surface area contributed by atoms with Crippen LogP contribution in [0, 0.1) is 0 Å². The average molecular weight is 490 g/mol. The lowest BCUT2D eigenvalue weighted by Gasteiger charge is -2.25. The molecular weight excluding hydrogens is 458 g/mol. The third-order valence-corrected chi connectivity index (χ3v) is 6.90. The van der Waals surface area contributed by atoms with E-state index >= 15 is 0 Å². The van der Waals surface area contributed by atoms with Gasteiger partial charge in [0.25, 0.3) is 0 Å². The summed E-state index contributed by atoms with van der Waals surface area (Å²) < 4.78 is 1.97. The third-order valence-electron chi connectivity index (χ3n) is 6.90. The number of para-hydroxylation sites is 1. The Labute approximate surface area is 217 Å². The Kier molecular flexibility index (Phi) is 7.15. The summed E-state index contributed by atoms with van der Waals surface area (Å²) in [6.07, 6.45) is 2.36. The van der Waals surface area contributed by atoms with E-state index in [0.29, 0.717) is 18.5 Å². The van der Waals surface area contributed by atoms with Crippen molar-refractivity contribution in [2.45, 2.75) is 19.0 Å². The maximum absolute atomic E-state index is 13.6. The van der Waals surface area contributed by atoms with Crippen molar-refractivity contribution in [1.82, 2.24) is 14.8 Å². The van der Waals surface area contributed by atoms with Crippen LogP contribution in [0.15, 0.2) is 103 Å². The van der Waals surface area contributed by atoms with Crippen LogP contribution in [0.25, 0.3) is 21.7 Å². The summed E-state index contributed by atoms with van der Waals surface area (Å²) in [5.74, 6) is -0.0680. The maximum atomic E-state index is 13.6. The smallest absolute Gasteiger partial charge is 0.240 e. The second-order valence-electron chi connectivity index (χ2n) is 9.59. The molecule has 0 spiro atoms. The zero-order valence-electron chi connectivity index (χ0n) is 21.2. The zero-order valence-corrected chi connectivity index (χ0v) is 21.2. The lowest BCUT2D eigenvalue weighted by Crippen LogP contribution is -2.47. The number of carbonyl (C=O) groups excluding carboxylic acids is 2. The molecule has 1 heterocycles. The molecule has 0 aliphatic carbocycles. The molecule has 186 valence electrons. The number of hydrogen-bond acceptors (Lipinski definition) is 3. The fraction of sp³-hybridized carbons (Fsp3) is 0.188. The Bertz CT molecular complexity index is 1550. The van der Waals surface area contributed by atoms with Gasteiger partial charge in [-0.1, -0.05) is 91.0 Å². The maximum Gasteiger partial charge on any atom is 0.240 e. The van der Waals surface area contributed by atoms with Crippen LogP contribution in [0.3, 0.4) is 0 Å². The molecule has 1 aromatic heterocycles. The van der Waals surface area contributed by atoms with Gasteiger partial charge in [0.15, 0.2) is 5.78 Å². The highest BCUT2D eigenvalue weighted by atomic mass is 16.2. The minimum atomic E-state index is -0.534. The van der Waals surface area contributed by atoms with E-state index in [-0.39, 0.29) is 18.2 Å². The van der Waals surface area contributed by atoms with Crippen LogP contribution in [0.5, 0.6) is 0 Å². The van der Waals surface area contributed by atoms with E-state index < -0.39 is 6.04 Å². The first-order chi connectivity index (χ1) is 18.0. The highest BCUT2D eigenvalue weighted by molar-refractivity contribution is 6.09. The van der Waals surface area contributed by atoms with E-state index in [1.807, 2.05) is 91.6 Å². The molecule has 1 N–H and O–H groups in total. The van der Waals surface area contributed by atoms with Crippen LogP contribution in [0.2, 0.25) is 0 Å². The lowest BCUT2D eigenvalue weighted by molar-refractivity contribution is -0.132. The second-order valence-corrected chi connectivity index (χ2v) is 9.59. The number of likely N-dealkylation sites (N-methyl/N-ethyl adjacent to an activating group) is 1. The number of fused-ring (bicyclic) bond motifs is 2. The summed E-state index contributed by atoms with van der Waals surface area (Å²) >= 11 is 0. The summed E-state index contributed by atoms with van der Waals surface area (Å²) in [4.78, 5) is 28.6. The highest BCUT2D eigenvalue weighted by Gasteiger charge is 2.24. The molecule has 0 radical (unpaired) electrons. The number of aromatic nitrogens is 1. The second kappa shape index (κ2) is 10.8. The number of rotatable bonds is 9. The van der Waals surface area contributed by atoms with Gasteiger partial charge in [0.1, 0.15) is 0 Å². The number of amides is 1. The van der Waals surface area contributed by atoms with Crippen LogP contribution in [0.4, 0.5) is 0 Å². The van der Waals surface area contributed by atoms with Gasteiger partial charge >= 0.3 is 0 Å². The molecule has 37 heavy (non-hydrogen) atoms. The third kappa shape index (κ3) is 5.47. The molecule has 4 aromatic carbocycles. The molecule has 0 bridgehead atoms. The van der Waals surface area contributed by atoms with E-state index in [2.05, 4.69) is 35.6 Å². The number of nitrogens with one attached hydrogen (secondary N) is 1. The number of ketones is 1. The zero-order chi connectivity index (χ0) is 25.8. The van der Waals surface area contributed by atoms with E-state index in [0.717, 1.165) is 32.8 Å². The Morgan fingerprint density at radius 3 is 2.35 bits per heavy atom. The quantitative estimate of drug-likeness (QED) is 0.283. The number of hydrogen-bond donors (Lipinski definition) is 1. The van der Waals surface area contributed by atoms with Crippen molar-refractivity contribution in [1.29, 1.82) is 0 Å². The van der Waals surface area contributed by atoms with Gasteiger partial charge in [-0.15, -0.1) is 0 Å². The molecule has 5 nitrogen and oxygen atoms in total. The predicted octanol–water partition coefficient (Wildman–Crippen LogP) is 5.37. The fourth-order valence-corrected chi connectivity index (χ4v) is 4.92. The van der Waals surface area contributed by atoms with Crippen molar-refractivity contribution in [3.63, 3.8) is 0 Å². The molecule has 1 atom stereocenters. The topological polar surface area (TPSA) is 54.3 Å². The highest BCUT2D eigenvalue weighted by Crippen LogP contribution is 2.21. The number of nitrogens with zero attached hydrogens (tertiary/aromatic N) is 2. The molecule has 5 rings (SSSR count). The molecule has 0 fully saturated rings. The van der Waals surface area contributed by atoms with Gasteiger partial charge in [0.2, 0.25) is 5.91 Å². The van der Waals surface area contributed by atoms with E-state index in [9.17, 15) is 9.59 Å². The van der Waals surface area contributed by atoms with Gasteiger partial charge in [-0.2, -0.15) is 0 Å². The average Bonchev–Trinajstić information content (AvgIpc) is 3.27. The summed E-state index contributed by atoms with van der Waals surface area (Å²) in [5.41, 5.74) is 3.79. The molecule has 0 aliphatic heterocycles. The van der Waals surface area contributed by atoms with Crippen LogP contribution in [0.1, 0.15) is 21.5 Å². The molecule has 1 unspecified atom stereocenters. The van der Waals surface area contributed by atoms with Gasteiger partial charge in [-0.25, -0.2) is 0 Å². The van der Waals surface area contributed by atoms with Crippen molar-refractivity contribution in [3.05, 3.63) is 120 Å². The first-order valence-corrected chi connectivity index (χ1v) is 12.6. The Morgan fingerprint density at radius 2 is 1.54 bits per heavy atom. The predicted molar refractivity (Wildman–Crippen MR) is 150 cm³/mol. The standard InChI is InChI=1S/C32H31N3O2/c1-34-22-28(27-14-8-9-15-30(27)34)31(36)20-33-29(32(37)35(2)21-23-10-4-3-5-11-23)19-24-16-17-25-12-6-7-13-26(25)18-24/h3-18,22,29,33H,19-21H2,1-2H3. The SMILES string of the molecule is CN(Cc1ccccc1)C(=O)C(Cc1ccc2ccccc2c1)NCC(=O)c1cn(C)c2ccccc12. The Hall–Kier alpha value is -4.22. The lowest BCUT2D eigenvalue weighted by atomic mass is 10.0. The number of aryl methyl sites for hydroxylation is 1. The summed E-state index contributed by atoms with van der Waals surface area (Å²) in [5, 5.41) is 6.53. The summed E-state index contributed by atoms with van der Waals surface area (Å²) in [6.45, 7) is 0.587. The summed E-state index contributed by atoms with van der Waals surface area (Å²) in [7, 11) is 3.76. The van der Waals surface area contributed by atoms with Gasteiger partial charge < -0.3 is 9.47 Å². The van der Waals surface area contributed by atoms with Crippen molar-refractivity contribution in [2.24, 2.45) is 7.05 Å². The fourth-order valence-electron chi connectivity index (χ4n) is 4.92. The molecule has 5 heteroatoms. The van der Waals surface area contributed by atoms with E-state index in [1.165, 1.54) is 0 Å². The van der Waals surface area contributed by atoms with Gasteiger partial charge in [0.05, 0.1) is 12.6 Å². The van der Waals surface area contributed by atoms with E-state index in [1.54, 1.807) is 4.90 Å². The molecule has 0 saturated heterocycles. The van der Waals surface area contributed by atoms with Crippen molar-refractivity contribution >= 4 is 33.4 Å². The molecule has 1 amide bonds. The summed E-state index contributed by atoms with van der Waals surface area (Å²) in [6, 6.07) is 31.8. The number of carbonyl (C=O) groups is 2. The van der Waals surface area contributed by atoms with Gasteiger partial charge in [0, 0.05) is 43.3 Å². The van der Waals surface area contributed by atoms with Crippen molar-refractivity contribution in [3.8, 4) is 0 Å². The molecule has 0 aliphatic rings. The first kappa shape index (κ1) is 24.5.